The van der Waals surface area contributed by atoms with Crippen LogP contribution in [0.25, 0.3) is 11.2 Å². The summed E-state index contributed by atoms with van der Waals surface area (Å²) in [6.45, 7) is 3.74. The fourth-order valence-corrected chi connectivity index (χ4v) is 5.54. The number of rotatable bonds is 11. The predicted octanol–water partition coefficient (Wildman–Crippen LogP) is 2.55. The Morgan fingerprint density at radius 3 is 2.82 bits per heavy atom. The van der Waals surface area contributed by atoms with Crippen LogP contribution in [0.2, 0.25) is 0 Å². The number of aliphatic hydroxyl groups excluding tert-OH is 1. The molecule has 2 heterocycles. The number of carbonyl (C=O) groups is 1. The van der Waals surface area contributed by atoms with Crippen LogP contribution in [0.3, 0.4) is 0 Å². The van der Waals surface area contributed by atoms with Gasteiger partial charge in [-0.05, 0) is 37.5 Å². The summed E-state index contributed by atoms with van der Waals surface area (Å²) in [4.78, 5) is 21.1. The molecule has 11 nitrogen and oxygen atoms in total. The molecule has 0 amide bonds. The van der Waals surface area contributed by atoms with Crippen molar-refractivity contribution in [3.05, 3.63) is 35.4 Å². The van der Waals surface area contributed by atoms with E-state index in [4.69, 9.17) is 15.2 Å². The van der Waals surface area contributed by atoms with Crippen molar-refractivity contribution >= 4 is 34.7 Å². The Balaban J connectivity index is 1.38. The minimum absolute atomic E-state index is 0.00105. The van der Waals surface area contributed by atoms with Crippen LogP contribution in [0, 0.1) is 11.6 Å². The van der Waals surface area contributed by atoms with E-state index in [-0.39, 0.29) is 25.2 Å². The molecule has 2 aliphatic rings. The number of nitrogens with zero attached hydrogens (tertiary/aromatic N) is 5. The first kappa shape index (κ1) is 27.6. The molecule has 2 unspecified atom stereocenters. The van der Waals surface area contributed by atoms with Gasteiger partial charge < -0.3 is 25.6 Å². The molecule has 0 spiro atoms. The molecule has 4 N–H and O–H groups in total. The molecule has 39 heavy (non-hydrogen) atoms. The highest BCUT2D eigenvalue weighted by Crippen LogP contribution is 2.44. The first-order valence-corrected chi connectivity index (χ1v) is 14.0. The number of hydrogen-bond donors (Lipinski definition) is 3. The van der Waals surface area contributed by atoms with Crippen molar-refractivity contribution in [2.75, 3.05) is 24.3 Å². The molecule has 6 atom stereocenters. The molecule has 2 saturated carbocycles. The second kappa shape index (κ2) is 11.7. The van der Waals surface area contributed by atoms with Gasteiger partial charge >= 0.3 is 5.97 Å². The van der Waals surface area contributed by atoms with Gasteiger partial charge in [0.1, 0.15) is 6.61 Å². The second-order valence-corrected chi connectivity index (χ2v) is 10.8. The normalized spacial score (nSPS) is 26.2. The SMILES string of the molecule is CCCSc1nc(NC2C[C@@H]2c2ccc(F)c(F)c2)c2nnn(C3C[C@H](OCC(=O)OCC)[C@@H](N)[C@H]3O)c2n1. The summed E-state index contributed by atoms with van der Waals surface area (Å²) in [7, 11) is 0. The van der Waals surface area contributed by atoms with E-state index in [0.29, 0.717) is 34.1 Å². The summed E-state index contributed by atoms with van der Waals surface area (Å²) in [5.74, 6) is -0.976. The Morgan fingerprint density at radius 1 is 1.26 bits per heavy atom. The Kier molecular flexibility index (Phi) is 8.26. The first-order chi connectivity index (χ1) is 18.8. The third-order valence-electron chi connectivity index (χ3n) is 6.95. The van der Waals surface area contributed by atoms with Gasteiger partial charge in [-0.25, -0.2) is 28.2 Å². The quantitative estimate of drug-likeness (QED) is 0.179. The molecular formula is C25H31F2N7O4S. The Labute approximate surface area is 227 Å². The van der Waals surface area contributed by atoms with E-state index in [1.54, 1.807) is 13.0 Å². The number of fused-ring (bicyclic) bond motifs is 1. The molecule has 2 aromatic heterocycles. The summed E-state index contributed by atoms with van der Waals surface area (Å²) in [6, 6.07) is 2.56. The molecule has 2 aliphatic carbocycles. The number of ether oxygens (including phenoxy) is 2. The highest BCUT2D eigenvalue weighted by molar-refractivity contribution is 7.99. The number of anilines is 1. The zero-order chi connectivity index (χ0) is 27.7. The maximum Gasteiger partial charge on any atom is 0.332 e. The summed E-state index contributed by atoms with van der Waals surface area (Å²) in [5, 5.41) is 23.4. The predicted molar refractivity (Wildman–Crippen MR) is 139 cm³/mol. The number of aliphatic hydroxyl groups is 1. The van der Waals surface area contributed by atoms with Crippen LogP contribution in [0.15, 0.2) is 23.4 Å². The van der Waals surface area contributed by atoms with Crippen LogP contribution in [-0.4, -0.2) is 79.3 Å². The lowest BCUT2D eigenvalue weighted by Crippen LogP contribution is -2.41. The molecule has 210 valence electrons. The highest BCUT2D eigenvalue weighted by atomic mass is 32.2. The van der Waals surface area contributed by atoms with Gasteiger partial charge in [0.05, 0.1) is 30.9 Å². The number of carbonyl (C=O) groups excluding carboxylic acids is 1. The van der Waals surface area contributed by atoms with Crippen molar-refractivity contribution in [1.29, 1.82) is 0 Å². The molecule has 3 aromatic rings. The summed E-state index contributed by atoms with van der Waals surface area (Å²) in [5.41, 5.74) is 7.78. The monoisotopic (exact) mass is 563 g/mol. The first-order valence-electron chi connectivity index (χ1n) is 13.0. The van der Waals surface area contributed by atoms with Crippen LogP contribution in [-0.2, 0) is 14.3 Å². The Hall–Kier alpha value is -2.94. The summed E-state index contributed by atoms with van der Waals surface area (Å²) in [6.07, 6.45) is 0.332. The average molecular weight is 564 g/mol. The third kappa shape index (κ3) is 5.83. The number of halogens is 2. The third-order valence-corrected chi connectivity index (χ3v) is 8.00. The number of nitrogens with one attached hydrogen (secondary N) is 1. The fourth-order valence-electron chi connectivity index (χ4n) is 4.85. The van der Waals surface area contributed by atoms with Crippen molar-refractivity contribution in [3.63, 3.8) is 0 Å². The van der Waals surface area contributed by atoms with Gasteiger partial charge in [-0.15, -0.1) is 5.10 Å². The number of aromatic nitrogens is 5. The smallest absolute Gasteiger partial charge is 0.332 e. The Bertz CT molecular complexity index is 1350. The van der Waals surface area contributed by atoms with E-state index in [9.17, 15) is 18.7 Å². The van der Waals surface area contributed by atoms with E-state index in [1.807, 2.05) is 0 Å². The van der Waals surface area contributed by atoms with Gasteiger partial charge in [-0.2, -0.15) is 0 Å². The van der Waals surface area contributed by atoms with Crippen LogP contribution in [0.1, 0.15) is 50.6 Å². The van der Waals surface area contributed by atoms with E-state index >= 15 is 0 Å². The number of esters is 1. The zero-order valence-electron chi connectivity index (χ0n) is 21.6. The maximum atomic E-state index is 13.8. The molecule has 1 aromatic carbocycles. The number of benzene rings is 1. The van der Waals surface area contributed by atoms with Crippen molar-refractivity contribution in [1.82, 2.24) is 25.0 Å². The maximum absolute atomic E-state index is 13.8. The minimum Gasteiger partial charge on any atom is -0.464 e. The Morgan fingerprint density at radius 2 is 2.08 bits per heavy atom. The second-order valence-electron chi connectivity index (χ2n) is 9.70. The number of nitrogens with two attached hydrogens (primary N) is 1. The van der Waals surface area contributed by atoms with Crippen molar-refractivity contribution in [3.8, 4) is 0 Å². The van der Waals surface area contributed by atoms with Gasteiger partial charge in [-0.3, -0.25) is 0 Å². The van der Waals surface area contributed by atoms with Crippen molar-refractivity contribution < 1.29 is 28.2 Å². The number of hydrogen-bond acceptors (Lipinski definition) is 11. The van der Waals surface area contributed by atoms with E-state index in [0.717, 1.165) is 24.7 Å². The van der Waals surface area contributed by atoms with Crippen molar-refractivity contribution in [2.45, 2.75) is 74.5 Å². The molecule has 0 aliphatic heterocycles. The van der Waals surface area contributed by atoms with Gasteiger partial charge in [0, 0.05) is 24.1 Å². The van der Waals surface area contributed by atoms with Crippen molar-refractivity contribution in [2.24, 2.45) is 5.73 Å². The lowest BCUT2D eigenvalue weighted by Gasteiger charge is -2.18. The van der Waals surface area contributed by atoms with E-state index in [2.05, 4.69) is 32.5 Å². The van der Waals surface area contributed by atoms with Gasteiger partial charge in [0.15, 0.2) is 33.8 Å². The van der Waals surface area contributed by atoms with E-state index < -0.39 is 41.9 Å². The summed E-state index contributed by atoms with van der Waals surface area (Å²) < 4.78 is 39.2. The molecule has 0 bridgehead atoms. The van der Waals surface area contributed by atoms with Crippen LogP contribution >= 0.6 is 11.8 Å². The molecular weight excluding hydrogens is 532 g/mol. The lowest BCUT2D eigenvalue weighted by atomic mass is 10.1. The fraction of sp³-hybridized carbons (Fsp3) is 0.560. The zero-order valence-corrected chi connectivity index (χ0v) is 22.4. The molecule has 14 heteroatoms. The van der Waals surface area contributed by atoms with Crippen LogP contribution < -0.4 is 11.1 Å². The molecule has 5 rings (SSSR count). The molecule has 2 fully saturated rings. The average Bonchev–Trinajstić information content (AvgIpc) is 3.46. The summed E-state index contributed by atoms with van der Waals surface area (Å²) >= 11 is 1.48. The van der Waals surface area contributed by atoms with Crippen LogP contribution in [0.4, 0.5) is 14.6 Å². The highest BCUT2D eigenvalue weighted by Gasteiger charge is 2.44. The molecule has 0 saturated heterocycles. The van der Waals surface area contributed by atoms with Gasteiger partial charge in [-0.1, -0.05) is 30.0 Å². The van der Waals surface area contributed by atoms with Gasteiger partial charge in [0.2, 0.25) is 0 Å². The van der Waals surface area contributed by atoms with E-state index in [1.165, 1.54) is 22.5 Å². The minimum atomic E-state index is -1.01. The standard InChI is InChI=1S/C25H31F2N7O4S/c1-3-7-39-25-30-23(29-16-9-13(16)12-5-6-14(26)15(27)8-12)21-24(31-25)34(33-32-21)17-10-18(20(28)22(17)36)38-11-19(35)37-4-2/h5-6,8,13,16-18,20,22,36H,3-4,7,9-11,28H2,1-2H3,(H,29,30,31)/t13-,16?,17?,18+,20-,22+/m1/s1. The number of thioether (sulfide) groups is 1. The largest absolute Gasteiger partial charge is 0.464 e. The lowest BCUT2D eigenvalue weighted by molar-refractivity contribution is -0.150. The van der Waals surface area contributed by atoms with Gasteiger partial charge in [0.25, 0.3) is 0 Å². The topological polar surface area (TPSA) is 150 Å². The molecule has 0 radical (unpaired) electrons. The van der Waals surface area contributed by atoms with Crippen LogP contribution in [0.5, 0.6) is 0 Å².